The molecule has 2 aliphatic heterocycles. The number of rotatable bonds is 4. The second kappa shape index (κ2) is 7.31. The molecule has 0 aromatic carbocycles. The molecule has 2 bridgehead atoms. The summed E-state index contributed by atoms with van der Waals surface area (Å²) in [6, 6.07) is 0.691. The van der Waals surface area contributed by atoms with Gasteiger partial charge in [-0.05, 0) is 25.3 Å². The number of esters is 1. The minimum absolute atomic E-state index is 0.118. The van der Waals surface area contributed by atoms with Crippen molar-refractivity contribution in [2.45, 2.75) is 25.6 Å². The molecule has 9 nitrogen and oxygen atoms in total. The molecule has 1 aromatic rings. The minimum atomic E-state index is -4.64. The van der Waals surface area contributed by atoms with Crippen LogP contribution in [0.25, 0.3) is 0 Å². The van der Waals surface area contributed by atoms with Crippen molar-refractivity contribution in [1.29, 1.82) is 0 Å². The van der Waals surface area contributed by atoms with Crippen molar-refractivity contribution < 1.29 is 37.1 Å². The van der Waals surface area contributed by atoms with Gasteiger partial charge in [0.25, 0.3) is 11.8 Å². The monoisotopic (exact) mass is 486 g/mol. The standard InChI is InChI=1S/C20H18ClF3N4O5/c1-3-32-19(31)14-13-8-5-9(15(13)33-26-14)12-11(8)17(29)28(18(12)30)27(2)16-10(21)4-7(6-25-16)20(22,23)24/h4,6,8-9,11-13,15H,3,5H2,1-2H3/t8-,9+,11+,12-,13-,15-/m1/s1. The topological polar surface area (TPSA) is 101 Å². The van der Waals surface area contributed by atoms with E-state index in [9.17, 15) is 27.6 Å². The third kappa shape index (κ3) is 3.02. The summed E-state index contributed by atoms with van der Waals surface area (Å²) in [5, 5.41) is 5.46. The number of aromatic nitrogens is 1. The average Bonchev–Trinajstić information content (AvgIpc) is 3.47. The number of pyridine rings is 1. The number of anilines is 1. The fourth-order valence-corrected chi connectivity index (χ4v) is 5.98. The number of amides is 2. The predicted octanol–water partition coefficient (Wildman–Crippen LogP) is 2.29. The van der Waals surface area contributed by atoms with Crippen LogP contribution < -0.4 is 5.01 Å². The van der Waals surface area contributed by atoms with Gasteiger partial charge in [0.2, 0.25) is 0 Å². The van der Waals surface area contributed by atoms with Gasteiger partial charge < -0.3 is 9.57 Å². The summed E-state index contributed by atoms with van der Waals surface area (Å²) in [5.41, 5.74) is -0.929. The molecule has 0 radical (unpaired) electrons. The van der Waals surface area contributed by atoms with Crippen LogP contribution in [-0.2, 0) is 30.1 Å². The lowest BCUT2D eigenvalue weighted by Gasteiger charge is -2.29. The van der Waals surface area contributed by atoms with Crippen molar-refractivity contribution >= 4 is 40.9 Å². The molecule has 1 aromatic heterocycles. The van der Waals surface area contributed by atoms with Gasteiger partial charge >= 0.3 is 12.1 Å². The fraction of sp³-hybridized carbons (Fsp3) is 0.550. The number of hydrazine groups is 1. The third-order valence-corrected chi connectivity index (χ3v) is 7.19. The van der Waals surface area contributed by atoms with Crippen LogP contribution in [0.4, 0.5) is 19.0 Å². The Hall–Kier alpha value is -2.89. The first kappa shape index (κ1) is 21.9. The van der Waals surface area contributed by atoms with E-state index in [1.165, 1.54) is 7.05 Å². The van der Waals surface area contributed by atoms with Gasteiger partial charge in [-0.15, -0.1) is 0 Å². The van der Waals surface area contributed by atoms with E-state index in [-0.39, 0.29) is 35.0 Å². The van der Waals surface area contributed by atoms with E-state index in [1.54, 1.807) is 6.92 Å². The van der Waals surface area contributed by atoms with Crippen LogP contribution in [0.1, 0.15) is 18.9 Å². The quantitative estimate of drug-likeness (QED) is 0.475. The second-order valence-electron chi connectivity index (χ2n) is 8.45. The van der Waals surface area contributed by atoms with E-state index < -0.39 is 53.4 Å². The number of hydrogen-bond acceptors (Lipinski definition) is 8. The molecule has 2 amide bonds. The highest BCUT2D eigenvalue weighted by Gasteiger charge is 2.71. The lowest BCUT2D eigenvalue weighted by Crippen LogP contribution is -2.46. The van der Waals surface area contributed by atoms with Crippen LogP contribution in [0.2, 0.25) is 5.02 Å². The van der Waals surface area contributed by atoms with Gasteiger partial charge in [-0.1, -0.05) is 16.8 Å². The molecule has 6 atom stereocenters. The van der Waals surface area contributed by atoms with Crippen LogP contribution in [0.3, 0.4) is 0 Å². The molecule has 33 heavy (non-hydrogen) atoms. The summed E-state index contributed by atoms with van der Waals surface area (Å²) < 4.78 is 43.9. The van der Waals surface area contributed by atoms with Crippen molar-refractivity contribution in [3.05, 3.63) is 22.8 Å². The van der Waals surface area contributed by atoms with Gasteiger partial charge in [-0.25, -0.2) is 9.78 Å². The summed E-state index contributed by atoms with van der Waals surface area (Å²) in [6.45, 7) is 1.82. The van der Waals surface area contributed by atoms with Crippen molar-refractivity contribution in [1.82, 2.24) is 9.99 Å². The normalized spacial score (nSPS) is 31.9. The Bertz CT molecular complexity index is 1100. The first-order valence-corrected chi connectivity index (χ1v) is 10.7. The number of imide groups is 1. The number of fused-ring (bicyclic) bond motifs is 8. The van der Waals surface area contributed by atoms with Crippen LogP contribution >= 0.6 is 11.6 Å². The lowest BCUT2D eigenvalue weighted by molar-refractivity contribution is -0.142. The molecule has 0 spiro atoms. The highest BCUT2D eigenvalue weighted by molar-refractivity contribution is 6.38. The number of carbonyl (C=O) groups is 3. The van der Waals surface area contributed by atoms with Crippen molar-refractivity contribution in [3.63, 3.8) is 0 Å². The maximum absolute atomic E-state index is 13.3. The number of ether oxygens (including phenoxy) is 1. The third-order valence-electron chi connectivity index (χ3n) is 6.91. The molecule has 5 rings (SSSR count). The Morgan fingerprint density at radius 3 is 2.55 bits per heavy atom. The Morgan fingerprint density at radius 1 is 1.27 bits per heavy atom. The number of halogens is 4. The van der Waals surface area contributed by atoms with Gasteiger partial charge in [-0.2, -0.15) is 18.2 Å². The molecule has 0 unspecified atom stereocenters. The highest BCUT2D eigenvalue weighted by Crippen LogP contribution is 2.61. The number of alkyl halides is 3. The first-order chi connectivity index (χ1) is 15.6. The van der Waals surface area contributed by atoms with E-state index in [0.29, 0.717) is 18.7 Å². The van der Waals surface area contributed by atoms with Gasteiger partial charge in [0.15, 0.2) is 11.5 Å². The minimum Gasteiger partial charge on any atom is -0.461 e. The Kier molecular flexibility index (Phi) is 4.86. The van der Waals surface area contributed by atoms with Crippen LogP contribution in [-0.4, -0.2) is 53.2 Å². The maximum atomic E-state index is 13.3. The number of oxime groups is 1. The Morgan fingerprint density at radius 2 is 1.94 bits per heavy atom. The molecule has 4 aliphatic rings. The zero-order chi connectivity index (χ0) is 23.8. The number of hydrogen-bond donors (Lipinski definition) is 0. The fourth-order valence-electron chi connectivity index (χ4n) is 5.70. The maximum Gasteiger partial charge on any atom is 0.417 e. The van der Waals surface area contributed by atoms with E-state index in [4.69, 9.17) is 21.2 Å². The molecule has 2 aliphatic carbocycles. The molecule has 2 saturated carbocycles. The predicted molar refractivity (Wildman–Crippen MR) is 106 cm³/mol. The molecular formula is C20H18ClF3N4O5. The first-order valence-electron chi connectivity index (χ1n) is 10.3. The van der Waals surface area contributed by atoms with Crippen LogP contribution in [0, 0.1) is 29.6 Å². The van der Waals surface area contributed by atoms with E-state index >= 15 is 0 Å². The van der Waals surface area contributed by atoms with E-state index in [1.807, 2.05) is 0 Å². The highest BCUT2D eigenvalue weighted by atomic mass is 35.5. The molecule has 3 fully saturated rings. The SMILES string of the molecule is CCOC(=O)C1=NO[C@@H]2[C@H]3C[C@@H]([C@H]12)[C@@H]1C(=O)N(N(C)c2ncc(C(F)(F)F)cc2Cl)C(=O)[C@H]31. The van der Waals surface area contributed by atoms with Crippen LogP contribution in [0.15, 0.2) is 17.4 Å². The van der Waals surface area contributed by atoms with Crippen molar-refractivity contribution in [2.75, 3.05) is 18.7 Å². The van der Waals surface area contributed by atoms with E-state index in [0.717, 1.165) is 10.0 Å². The van der Waals surface area contributed by atoms with Gasteiger partial charge in [-0.3, -0.25) is 14.6 Å². The second-order valence-corrected chi connectivity index (χ2v) is 8.85. The Labute approximate surface area is 190 Å². The van der Waals surface area contributed by atoms with Gasteiger partial charge in [0, 0.05) is 19.2 Å². The van der Waals surface area contributed by atoms with Crippen molar-refractivity contribution in [3.8, 4) is 0 Å². The summed E-state index contributed by atoms with van der Waals surface area (Å²) >= 11 is 6.02. The largest absolute Gasteiger partial charge is 0.461 e. The summed E-state index contributed by atoms with van der Waals surface area (Å²) in [5.74, 6) is -4.32. The van der Waals surface area contributed by atoms with Gasteiger partial charge in [0.1, 0.15) is 6.10 Å². The summed E-state index contributed by atoms with van der Waals surface area (Å²) in [4.78, 5) is 48.1. The summed E-state index contributed by atoms with van der Waals surface area (Å²) in [7, 11) is 1.34. The molecule has 0 N–H and O–H groups in total. The number of carbonyl (C=O) groups excluding carboxylic acids is 3. The molecule has 1 saturated heterocycles. The Balaban J connectivity index is 1.42. The molecular weight excluding hydrogens is 469 g/mol. The van der Waals surface area contributed by atoms with Crippen molar-refractivity contribution in [2.24, 2.45) is 34.7 Å². The molecule has 13 heteroatoms. The van der Waals surface area contributed by atoms with Crippen LogP contribution in [0.5, 0.6) is 0 Å². The summed E-state index contributed by atoms with van der Waals surface area (Å²) in [6.07, 6.45) is -4.03. The zero-order valence-electron chi connectivity index (χ0n) is 17.4. The molecule has 176 valence electrons. The molecule has 3 heterocycles. The lowest BCUT2D eigenvalue weighted by atomic mass is 9.72. The van der Waals surface area contributed by atoms with Gasteiger partial charge in [0.05, 0.1) is 34.9 Å². The van der Waals surface area contributed by atoms with E-state index in [2.05, 4.69) is 10.1 Å². The zero-order valence-corrected chi connectivity index (χ0v) is 18.1. The number of nitrogens with zero attached hydrogens (tertiary/aromatic N) is 4. The smallest absolute Gasteiger partial charge is 0.417 e. The average molecular weight is 487 g/mol.